The van der Waals surface area contributed by atoms with E-state index in [1.54, 1.807) is 11.0 Å². The topological polar surface area (TPSA) is 58.6 Å². The minimum Gasteiger partial charge on any atom is -0.365 e. The molecule has 5 heteroatoms. The second-order valence-electron chi connectivity index (χ2n) is 6.81. The summed E-state index contributed by atoms with van der Waals surface area (Å²) in [6, 6.07) is 13.5. The molecule has 2 aromatic carbocycles. The van der Waals surface area contributed by atoms with Crippen molar-refractivity contribution in [1.82, 2.24) is 5.32 Å². The van der Waals surface area contributed by atoms with Crippen LogP contribution in [-0.4, -0.2) is 37.6 Å². The van der Waals surface area contributed by atoms with E-state index in [0.717, 1.165) is 22.4 Å². The van der Waals surface area contributed by atoms with Crippen LogP contribution in [0.5, 0.6) is 0 Å². The Morgan fingerprint density at radius 1 is 1.15 bits per heavy atom. The molecule has 2 amide bonds. The van der Waals surface area contributed by atoms with Gasteiger partial charge in [0.05, 0.1) is 12.6 Å². The van der Waals surface area contributed by atoms with E-state index in [0.29, 0.717) is 18.7 Å². The maximum atomic E-state index is 12.4. The van der Waals surface area contributed by atoms with Gasteiger partial charge < -0.3 is 15.0 Å². The van der Waals surface area contributed by atoms with Gasteiger partial charge in [0.15, 0.2) is 0 Å². The Labute approximate surface area is 154 Å². The number of hydrogen-bond acceptors (Lipinski definition) is 3. The van der Waals surface area contributed by atoms with E-state index in [1.807, 2.05) is 51.1 Å². The summed E-state index contributed by atoms with van der Waals surface area (Å²) in [6.45, 7) is 6.75. The van der Waals surface area contributed by atoms with E-state index in [1.165, 1.54) is 0 Å². The third kappa shape index (κ3) is 4.11. The highest BCUT2D eigenvalue weighted by Crippen LogP contribution is 2.22. The van der Waals surface area contributed by atoms with Gasteiger partial charge in [0, 0.05) is 17.8 Å². The second kappa shape index (κ2) is 7.70. The minimum atomic E-state index is -0.235. The molecule has 0 aromatic heterocycles. The molecule has 0 radical (unpaired) electrons. The molecule has 1 unspecified atom stereocenters. The number of morpholine rings is 1. The Balaban J connectivity index is 1.66. The molecule has 1 heterocycles. The van der Waals surface area contributed by atoms with Crippen molar-refractivity contribution in [3.05, 3.63) is 64.7 Å². The van der Waals surface area contributed by atoms with Gasteiger partial charge in [-0.2, -0.15) is 0 Å². The number of aryl methyl sites for hydroxylation is 3. The summed E-state index contributed by atoms with van der Waals surface area (Å²) in [4.78, 5) is 26.4. The normalized spacial score (nSPS) is 17.3. The molecule has 0 spiro atoms. The van der Waals surface area contributed by atoms with Crippen LogP contribution in [0, 0.1) is 20.8 Å². The quantitative estimate of drug-likeness (QED) is 0.920. The molecule has 2 aromatic rings. The lowest BCUT2D eigenvalue weighted by atomic mass is 10.1. The summed E-state index contributed by atoms with van der Waals surface area (Å²) >= 11 is 0. The first kappa shape index (κ1) is 18.1. The Kier molecular flexibility index (Phi) is 5.38. The van der Waals surface area contributed by atoms with E-state index < -0.39 is 0 Å². The van der Waals surface area contributed by atoms with Gasteiger partial charge in [-0.15, -0.1) is 0 Å². The number of hydrogen-bond donors (Lipinski definition) is 1. The van der Waals surface area contributed by atoms with Crippen LogP contribution in [0.4, 0.5) is 5.69 Å². The smallest absolute Gasteiger partial charge is 0.253 e. The average molecular weight is 352 g/mol. The molecule has 26 heavy (non-hydrogen) atoms. The molecule has 0 aliphatic carbocycles. The fraction of sp³-hybridized carbons (Fsp3) is 0.333. The lowest BCUT2D eigenvalue weighted by Gasteiger charge is -2.33. The number of ether oxygens (including phenoxy) is 1. The van der Waals surface area contributed by atoms with Crippen molar-refractivity contribution in [1.29, 1.82) is 0 Å². The molecule has 1 fully saturated rings. The summed E-state index contributed by atoms with van der Waals surface area (Å²) in [7, 11) is 0. The van der Waals surface area contributed by atoms with Crippen LogP contribution in [0.2, 0.25) is 0 Å². The van der Waals surface area contributed by atoms with Gasteiger partial charge in [-0.05, 0) is 55.7 Å². The highest BCUT2D eigenvalue weighted by Gasteiger charge is 2.28. The second-order valence-corrected chi connectivity index (χ2v) is 6.81. The third-order valence-corrected chi connectivity index (χ3v) is 4.53. The lowest BCUT2D eigenvalue weighted by Crippen LogP contribution is -2.50. The first-order chi connectivity index (χ1) is 12.4. The Morgan fingerprint density at radius 3 is 2.54 bits per heavy atom. The van der Waals surface area contributed by atoms with Crippen LogP contribution < -0.4 is 10.2 Å². The maximum absolute atomic E-state index is 12.4. The van der Waals surface area contributed by atoms with E-state index in [2.05, 4.69) is 11.4 Å². The van der Waals surface area contributed by atoms with Gasteiger partial charge >= 0.3 is 0 Å². The zero-order chi connectivity index (χ0) is 18.7. The first-order valence-corrected chi connectivity index (χ1v) is 8.78. The van der Waals surface area contributed by atoms with Crippen molar-refractivity contribution in [2.24, 2.45) is 0 Å². The van der Waals surface area contributed by atoms with E-state index in [9.17, 15) is 9.59 Å². The van der Waals surface area contributed by atoms with Crippen LogP contribution in [0.25, 0.3) is 0 Å². The average Bonchev–Trinajstić information content (AvgIpc) is 2.60. The monoisotopic (exact) mass is 352 g/mol. The number of benzene rings is 2. The van der Waals surface area contributed by atoms with Crippen molar-refractivity contribution in [3.8, 4) is 0 Å². The number of nitrogens with zero attached hydrogens (tertiary/aromatic N) is 1. The molecule has 1 aliphatic rings. The number of amides is 2. The summed E-state index contributed by atoms with van der Waals surface area (Å²) in [6.07, 6.45) is -0.235. The van der Waals surface area contributed by atoms with Crippen molar-refractivity contribution in [3.63, 3.8) is 0 Å². The number of carbonyl (C=O) groups excluding carboxylic acids is 2. The van der Waals surface area contributed by atoms with Gasteiger partial charge in [0.25, 0.3) is 11.8 Å². The van der Waals surface area contributed by atoms with Gasteiger partial charge in [0.2, 0.25) is 0 Å². The molecular formula is C21H24N2O3. The number of carbonyl (C=O) groups is 2. The summed E-state index contributed by atoms with van der Waals surface area (Å²) in [5.41, 5.74) is 4.70. The fourth-order valence-electron chi connectivity index (χ4n) is 3.23. The molecule has 5 nitrogen and oxygen atoms in total. The van der Waals surface area contributed by atoms with Crippen LogP contribution in [-0.2, 0) is 9.53 Å². The molecular weight excluding hydrogens is 328 g/mol. The van der Waals surface area contributed by atoms with Gasteiger partial charge in [0.1, 0.15) is 6.61 Å². The molecule has 1 saturated heterocycles. The predicted molar refractivity (Wildman–Crippen MR) is 102 cm³/mol. The summed E-state index contributed by atoms with van der Waals surface area (Å²) in [5, 5.41) is 2.92. The Hall–Kier alpha value is -2.66. The molecule has 1 aliphatic heterocycles. The zero-order valence-corrected chi connectivity index (χ0v) is 15.4. The van der Waals surface area contributed by atoms with Gasteiger partial charge in [-0.25, -0.2) is 0 Å². The molecule has 1 N–H and O–H groups in total. The predicted octanol–water partition coefficient (Wildman–Crippen LogP) is 2.77. The highest BCUT2D eigenvalue weighted by molar-refractivity contribution is 5.96. The zero-order valence-electron chi connectivity index (χ0n) is 15.4. The molecule has 3 rings (SSSR count). The van der Waals surface area contributed by atoms with Crippen molar-refractivity contribution in [2.75, 3.05) is 24.6 Å². The lowest BCUT2D eigenvalue weighted by molar-refractivity contribution is -0.129. The summed E-state index contributed by atoms with van der Waals surface area (Å²) < 4.78 is 5.61. The fourth-order valence-corrected chi connectivity index (χ4v) is 3.23. The van der Waals surface area contributed by atoms with Crippen LogP contribution >= 0.6 is 0 Å². The summed E-state index contributed by atoms with van der Waals surface area (Å²) in [5.74, 6) is -0.182. The van der Waals surface area contributed by atoms with Crippen molar-refractivity contribution in [2.45, 2.75) is 26.9 Å². The number of rotatable bonds is 4. The minimum absolute atomic E-state index is 0.0257. The molecule has 0 bridgehead atoms. The Morgan fingerprint density at radius 2 is 1.85 bits per heavy atom. The standard InChI is InChI=1S/C21H24N2O3/c1-14-8-15(2)10-17(9-14)23-12-18(26-13-20(23)24)11-22-21(25)19-7-5-4-6-16(19)3/h4-10,18H,11-13H2,1-3H3,(H,22,25). The van der Waals surface area contributed by atoms with E-state index in [-0.39, 0.29) is 24.5 Å². The Bertz CT molecular complexity index is 812. The van der Waals surface area contributed by atoms with Crippen LogP contribution in [0.1, 0.15) is 27.0 Å². The largest absolute Gasteiger partial charge is 0.365 e. The van der Waals surface area contributed by atoms with Crippen molar-refractivity contribution >= 4 is 17.5 Å². The maximum Gasteiger partial charge on any atom is 0.253 e. The van der Waals surface area contributed by atoms with E-state index >= 15 is 0 Å². The van der Waals surface area contributed by atoms with Gasteiger partial charge in [-0.1, -0.05) is 24.3 Å². The molecule has 0 saturated carbocycles. The molecule has 136 valence electrons. The van der Waals surface area contributed by atoms with Crippen molar-refractivity contribution < 1.29 is 14.3 Å². The van der Waals surface area contributed by atoms with Gasteiger partial charge in [-0.3, -0.25) is 9.59 Å². The highest BCUT2D eigenvalue weighted by atomic mass is 16.5. The van der Waals surface area contributed by atoms with Crippen LogP contribution in [0.3, 0.4) is 0 Å². The van der Waals surface area contributed by atoms with E-state index in [4.69, 9.17) is 4.74 Å². The van der Waals surface area contributed by atoms with Crippen LogP contribution in [0.15, 0.2) is 42.5 Å². The number of anilines is 1. The first-order valence-electron chi connectivity index (χ1n) is 8.78. The molecule has 1 atom stereocenters. The SMILES string of the molecule is Cc1cc(C)cc(N2CC(CNC(=O)c3ccccc3C)OCC2=O)c1. The number of nitrogens with one attached hydrogen (secondary N) is 1. The third-order valence-electron chi connectivity index (χ3n) is 4.53.